The van der Waals surface area contributed by atoms with Crippen LogP contribution >= 0.6 is 0 Å². The molecule has 2 saturated heterocycles. The molecule has 4 heterocycles. The predicted molar refractivity (Wildman–Crippen MR) is 111 cm³/mol. The molecule has 2 bridgehead atoms. The first-order chi connectivity index (χ1) is 14.8. The van der Waals surface area contributed by atoms with Gasteiger partial charge in [-0.15, -0.1) is 0 Å². The fraction of sp³-hybridized carbons (Fsp3) is 0.478. The van der Waals surface area contributed by atoms with Crippen molar-refractivity contribution in [2.45, 2.75) is 45.6 Å². The molecule has 8 heteroatoms. The summed E-state index contributed by atoms with van der Waals surface area (Å²) in [6, 6.07) is 6.25. The second-order valence-corrected chi connectivity index (χ2v) is 8.94. The van der Waals surface area contributed by atoms with E-state index in [-0.39, 0.29) is 24.5 Å². The monoisotopic (exact) mass is 422 g/mol. The SMILES string of the molecule is Cc1nc(CN(C)C(=O)[C@H]2[C@@H]3C=C[C@@]4(CN(Cc5ccc(C)c(C)c5)C(=O)[C@H]24)O3)no1. The minimum absolute atomic E-state index is 0.0211. The Morgan fingerprint density at radius 2 is 2.10 bits per heavy atom. The normalized spacial score (nSPS) is 28.5. The Kier molecular flexibility index (Phi) is 4.51. The van der Waals surface area contributed by atoms with E-state index < -0.39 is 17.4 Å². The predicted octanol–water partition coefficient (Wildman–Crippen LogP) is 1.94. The van der Waals surface area contributed by atoms with Crippen LogP contribution in [0.5, 0.6) is 0 Å². The van der Waals surface area contributed by atoms with E-state index in [1.54, 1.807) is 18.9 Å². The summed E-state index contributed by atoms with van der Waals surface area (Å²) in [4.78, 5) is 34.3. The molecule has 8 nitrogen and oxygen atoms in total. The van der Waals surface area contributed by atoms with Gasteiger partial charge in [0.2, 0.25) is 17.7 Å². The first-order valence-corrected chi connectivity index (χ1v) is 10.5. The van der Waals surface area contributed by atoms with Gasteiger partial charge in [0, 0.05) is 20.5 Å². The summed E-state index contributed by atoms with van der Waals surface area (Å²) in [5.74, 6) is -0.306. The molecule has 4 atom stereocenters. The molecule has 0 unspecified atom stereocenters. The van der Waals surface area contributed by atoms with Crippen LogP contribution in [0, 0.1) is 32.6 Å². The lowest BCUT2D eigenvalue weighted by atomic mass is 9.76. The van der Waals surface area contributed by atoms with E-state index in [4.69, 9.17) is 9.26 Å². The molecule has 2 amide bonds. The highest BCUT2D eigenvalue weighted by atomic mass is 16.5. The number of rotatable bonds is 5. The molecule has 31 heavy (non-hydrogen) atoms. The Morgan fingerprint density at radius 3 is 2.81 bits per heavy atom. The highest BCUT2D eigenvalue weighted by Gasteiger charge is 2.67. The first-order valence-electron chi connectivity index (χ1n) is 10.5. The highest BCUT2D eigenvalue weighted by molar-refractivity contribution is 5.93. The van der Waals surface area contributed by atoms with Gasteiger partial charge in [-0.05, 0) is 30.5 Å². The smallest absolute Gasteiger partial charge is 0.230 e. The molecule has 0 saturated carbocycles. The summed E-state index contributed by atoms with van der Waals surface area (Å²) in [6.07, 6.45) is 3.53. The number of amides is 2. The third-order valence-electron chi connectivity index (χ3n) is 6.73. The molecule has 3 aliphatic heterocycles. The zero-order chi connectivity index (χ0) is 21.9. The number of likely N-dealkylation sites (tertiary alicyclic amines) is 1. The van der Waals surface area contributed by atoms with E-state index in [2.05, 4.69) is 42.2 Å². The highest BCUT2D eigenvalue weighted by Crippen LogP contribution is 2.52. The van der Waals surface area contributed by atoms with Crippen LogP contribution in [0.25, 0.3) is 0 Å². The van der Waals surface area contributed by atoms with E-state index in [1.807, 2.05) is 17.1 Å². The lowest BCUT2D eigenvalue weighted by Crippen LogP contribution is -2.44. The lowest BCUT2D eigenvalue weighted by Gasteiger charge is -2.27. The molecular weight excluding hydrogens is 396 g/mol. The molecule has 1 aromatic heterocycles. The van der Waals surface area contributed by atoms with Gasteiger partial charge in [0.1, 0.15) is 5.60 Å². The standard InChI is InChI=1S/C23H26N4O4/c1-13-5-6-16(9-14(13)2)10-27-12-23-8-7-17(30-23)19(20(23)22(27)29)21(28)26(4)11-18-24-15(3)31-25-18/h5-9,17,19-20H,10-12H2,1-4H3/t17-,19-,20-,23-/m0/s1. The van der Waals surface area contributed by atoms with Crippen LogP contribution in [0.1, 0.15) is 28.4 Å². The maximum Gasteiger partial charge on any atom is 0.230 e. The Balaban J connectivity index is 1.35. The molecule has 0 aliphatic carbocycles. The number of aryl methyl sites for hydroxylation is 3. The van der Waals surface area contributed by atoms with Crippen molar-refractivity contribution < 1.29 is 18.8 Å². The zero-order valence-electron chi connectivity index (χ0n) is 18.2. The molecule has 3 aliphatic rings. The second kappa shape index (κ2) is 7.02. The quantitative estimate of drug-likeness (QED) is 0.684. The summed E-state index contributed by atoms with van der Waals surface area (Å²) >= 11 is 0. The summed E-state index contributed by atoms with van der Waals surface area (Å²) in [7, 11) is 1.70. The van der Waals surface area contributed by atoms with Crippen molar-refractivity contribution in [2.24, 2.45) is 11.8 Å². The number of ether oxygens (including phenoxy) is 1. The average Bonchev–Trinajstić information content (AvgIpc) is 3.46. The van der Waals surface area contributed by atoms with Crippen LogP contribution in [0.3, 0.4) is 0 Å². The largest absolute Gasteiger partial charge is 0.360 e. The Bertz CT molecular complexity index is 1090. The van der Waals surface area contributed by atoms with Gasteiger partial charge in [-0.2, -0.15) is 4.98 Å². The summed E-state index contributed by atoms with van der Waals surface area (Å²) in [6.45, 7) is 7.05. The molecule has 1 spiro atoms. The van der Waals surface area contributed by atoms with E-state index in [0.29, 0.717) is 24.8 Å². The maximum atomic E-state index is 13.4. The van der Waals surface area contributed by atoms with Gasteiger partial charge in [-0.1, -0.05) is 35.5 Å². The first kappa shape index (κ1) is 19.9. The number of benzene rings is 1. The lowest BCUT2D eigenvalue weighted by molar-refractivity contribution is -0.143. The summed E-state index contributed by atoms with van der Waals surface area (Å²) in [5.41, 5.74) is 2.79. The van der Waals surface area contributed by atoms with Crippen LogP contribution in [0.2, 0.25) is 0 Å². The fourth-order valence-corrected chi connectivity index (χ4v) is 5.07. The molecular formula is C23H26N4O4. The van der Waals surface area contributed by atoms with Gasteiger partial charge in [0.25, 0.3) is 0 Å². The van der Waals surface area contributed by atoms with Gasteiger partial charge in [-0.25, -0.2) is 0 Å². The zero-order valence-corrected chi connectivity index (χ0v) is 18.2. The van der Waals surface area contributed by atoms with E-state index >= 15 is 0 Å². The van der Waals surface area contributed by atoms with Gasteiger partial charge in [-0.3, -0.25) is 9.59 Å². The molecule has 0 radical (unpaired) electrons. The molecule has 2 fully saturated rings. The van der Waals surface area contributed by atoms with Crippen molar-refractivity contribution in [1.29, 1.82) is 0 Å². The van der Waals surface area contributed by atoms with Crippen LogP contribution in [-0.2, 0) is 27.4 Å². The van der Waals surface area contributed by atoms with Crippen LogP contribution in [0.4, 0.5) is 0 Å². The van der Waals surface area contributed by atoms with Gasteiger partial charge < -0.3 is 19.1 Å². The Hall–Kier alpha value is -3.00. The van der Waals surface area contributed by atoms with Gasteiger partial charge in [0.15, 0.2) is 5.82 Å². The molecule has 2 aromatic rings. The molecule has 162 valence electrons. The second-order valence-electron chi connectivity index (χ2n) is 8.94. The van der Waals surface area contributed by atoms with Crippen LogP contribution < -0.4 is 0 Å². The van der Waals surface area contributed by atoms with Crippen LogP contribution in [-0.4, -0.2) is 57.1 Å². The average molecular weight is 422 g/mol. The van der Waals surface area contributed by atoms with Crippen molar-refractivity contribution in [3.63, 3.8) is 0 Å². The molecule has 0 N–H and O–H groups in total. The number of carbonyl (C=O) groups is 2. The maximum absolute atomic E-state index is 13.4. The number of hydrogen-bond donors (Lipinski definition) is 0. The Labute approximate surface area is 180 Å². The topological polar surface area (TPSA) is 88.8 Å². The fourth-order valence-electron chi connectivity index (χ4n) is 5.07. The van der Waals surface area contributed by atoms with Crippen molar-refractivity contribution in [1.82, 2.24) is 19.9 Å². The van der Waals surface area contributed by atoms with Gasteiger partial charge >= 0.3 is 0 Å². The van der Waals surface area contributed by atoms with Crippen LogP contribution in [0.15, 0.2) is 34.9 Å². The summed E-state index contributed by atoms with van der Waals surface area (Å²) in [5, 5.41) is 3.86. The number of carbonyl (C=O) groups excluding carboxylic acids is 2. The summed E-state index contributed by atoms with van der Waals surface area (Å²) < 4.78 is 11.2. The van der Waals surface area contributed by atoms with E-state index in [0.717, 1.165) is 5.56 Å². The van der Waals surface area contributed by atoms with Crippen molar-refractivity contribution >= 4 is 11.8 Å². The van der Waals surface area contributed by atoms with Gasteiger partial charge in [0.05, 0.1) is 31.0 Å². The van der Waals surface area contributed by atoms with E-state index in [1.165, 1.54) is 11.1 Å². The van der Waals surface area contributed by atoms with Crippen molar-refractivity contribution in [2.75, 3.05) is 13.6 Å². The van der Waals surface area contributed by atoms with Crippen molar-refractivity contribution in [3.8, 4) is 0 Å². The van der Waals surface area contributed by atoms with Crippen molar-refractivity contribution in [3.05, 3.63) is 58.8 Å². The number of aromatic nitrogens is 2. The van der Waals surface area contributed by atoms with E-state index in [9.17, 15) is 9.59 Å². The minimum atomic E-state index is -0.717. The minimum Gasteiger partial charge on any atom is -0.360 e. The molecule has 5 rings (SSSR count). The number of fused-ring (bicyclic) bond motifs is 1. The number of hydrogen-bond acceptors (Lipinski definition) is 6. The third-order valence-corrected chi connectivity index (χ3v) is 6.73. The number of nitrogens with zero attached hydrogens (tertiary/aromatic N) is 4. The Morgan fingerprint density at radius 1 is 1.29 bits per heavy atom. The third kappa shape index (κ3) is 3.17. The molecule has 1 aromatic carbocycles.